The van der Waals surface area contributed by atoms with Gasteiger partial charge in [-0.05, 0) is 58.7 Å². The molecule has 0 radical (unpaired) electrons. The van der Waals surface area contributed by atoms with Gasteiger partial charge in [0.25, 0.3) is 11.7 Å². The van der Waals surface area contributed by atoms with Crippen LogP contribution in [0, 0.1) is 30.6 Å². The first-order chi connectivity index (χ1) is 33.8. The number of nitrogens with zero attached hydrogens (tertiary/aromatic N) is 4. The molecule has 2 fully saturated rings. The van der Waals surface area contributed by atoms with Gasteiger partial charge in [0.1, 0.15) is 40.3 Å². The number of aliphatic hydroxyl groups excluding tert-OH is 2. The molecule has 1 aliphatic carbocycles. The van der Waals surface area contributed by atoms with Crippen molar-refractivity contribution in [3.05, 3.63) is 69.6 Å². The number of methoxy groups -OCH3 is 1. The predicted molar refractivity (Wildman–Crippen MR) is 267 cm³/mol. The summed E-state index contributed by atoms with van der Waals surface area (Å²) in [6, 6.07) is 3.84. The van der Waals surface area contributed by atoms with Crippen molar-refractivity contribution in [2.45, 2.75) is 124 Å². The molecule has 18 nitrogen and oxygen atoms in total. The Balaban J connectivity index is 1.30. The second-order valence-corrected chi connectivity index (χ2v) is 20.0. The standard InChI is InChI=1S/C53H67N5O13/c1-26-14-13-15-27(2)52(65)55-43-47(64)39-38(42-50(43)70-37-25-34(24-35(60)41(37)54-42)58-21-16-33(17-22-58)57-19-11-10-12-20-57)40-49(31(6)46(39)63)71-53(8,51(40)56-66)68-23-18-36(67-9)28(3)48(69-32(7)59)30(5)45(62)29(4)44(26)61/h13-15,18,23-26,28-30,33,36,44-45,48,60-63,66H,10-12,16-17,19-22H2,1-9H3,(H,55,65)/b14-13+,23-18+,27-15-,56-51-/t26-,28+,29+,30+,36-,44-,45+,48+,53-/m0/s1. The van der Waals surface area contributed by atoms with Gasteiger partial charge in [-0.1, -0.05) is 57.5 Å². The van der Waals surface area contributed by atoms with E-state index in [2.05, 4.69) is 20.3 Å². The fourth-order valence-corrected chi connectivity index (χ4v) is 11.0. The second kappa shape index (κ2) is 20.5. The summed E-state index contributed by atoms with van der Waals surface area (Å²) in [5.41, 5.74) is -0.443. The summed E-state index contributed by atoms with van der Waals surface area (Å²) in [7, 11) is 1.45. The van der Waals surface area contributed by atoms with Crippen LogP contribution >= 0.6 is 0 Å². The highest BCUT2D eigenvalue weighted by molar-refractivity contribution is 6.24. The second-order valence-electron chi connectivity index (χ2n) is 20.0. The van der Waals surface area contributed by atoms with E-state index in [4.69, 9.17) is 28.3 Å². The van der Waals surface area contributed by atoms with Gasteiger partial charge < -0.3 is 64.1 Å². The van der Waals surface area contributed by atoms with Crippen molar-refractivity contribution in [3.8, 4) is 28.7 Å². The summed E-state index contributed by atoms with van der Waals surface area (Å²) in [6.07, 6.45) is 9.19. The molecular weight excluding hydrogens is 915 g/mol. The number of ether oxygens (including phenoxy) is 4. The first-order valence-electron chi connectivity index (χ1n) is 24.6. The smallest absolute Gasteiger partial charge is 0.302 e. The van der Waals surface area contributed by atoms with E-state index in [1.807, 2.05) is 0 Å². The number of carbonyl (C=O) groups excluding carboxylic acids is 2. The number of amides is 1. The maximum Gasteiger partial charge on any atom is 0.302 e. The van der Waals surface area contributed by atoms with Crippen LogP contribution in [0.15, 0.2) is 62.6 Å². The number of oxime groups is 1. The summed E-state index contributed by atoms with van der Waals surface area (Å²) in [5.74, 6) is -6.71. The Bertz CT molecular complexity index is 2840. The van der Waals surface area contributed by atoms with E-state index in [0.29, 0.717) is 11.7 Å². The van der Waals surface area contributed by atoms with Gasteiger partial charge in [-0.25, -0.2) is 4.98 Å². The molecule has 4 bridgehead atoms. The molecule has 0 saturated carbocycles. The average Bonchev–Trinajstić information content (AvgIpc) is 3.66. The number of carbonyl (C=O) groups is 2. The molecule has 2 aromatic carbocycles. The lowest BCUT2D eigenvalue weighted by Gasteiger charge is -2.41. The number of fused-ring (bicyclic) bond motifs is 2. The number of phenolic OH excluding ortho intramolecular Hbond substituents is 2. The number of hydrogen-bond donors (Lipinski definition) is 6. The molecule has 0 aromatic heterocycles. The largest absolute Gasteiger partial charge is 0.507 e. The number of esters is 1. The van der Waals surface area contributed by atoms with Crippen molar-refractivity contribution < 1.29 is 58.6 Å². The Morgan fingerprint density at radius 3 is 2.31 bits per heavy atom. The Morgan fingerprint density at radius 1 is 0.944 bits per heavy atom. The van der Waals surface area contributed by atoms with Gasteiger partial charge in [0.05, 0.1) is 35.5 Å². The minimum Gasteiger partial charge on any atom is -0.507 e. The van der Waals surface area contributed by atoms with Crippen LogP contribution < -0.4 is 20.4 Å². The van der Waals surface area contributed by atoms with Crippen molar-refractivity contribution in [3.63, 3.8) is 0 Å². The van der Waals surface area contributed by atoms with Crippen molar-refractivity contribution in [1.82, 2.24) is 9.88 Å². The monoisotopic (exact) mass is 981 g/mol. The van der Waals surface area contributed by atoms with E-state index in [-0.39, 0.29) is 72.9 Å². The number of piperidine rings is 2. The summed E-state index contributed by atoms with van der Waals surface area (Å²) in [5, 5.41) is 63.7. The molecule has 9 atom stereocenters. The minimum atomic E-state index is -1.93. The molecule has 18 heteroatoms. The van der Waals surface area contributed by atoms with Gasteiger partial charge in [-0.3, -0.25) is 14.4 Å². The number of aliphatic hydroxyl groups is 2. The van der Waals surface area contributed by atoms with Gasteiger partial charge in [-0.2, -0.15) is 0 Å². The van der Waals surface area contributed by atoms with E-state index in [0.717, 1.165) is 39.0 Å². The Hall–Kier alpha value is -6.21. The summed E-state index contributed by atoms with van der Waals surface area (Å²) >= 11 is 0. The Labute approximate surface area is 412 Å². The molecule has 5 aliphatic heterocycles. The number of likely N-dealkylation sites (tertiary alicyclic amines) is 1. The lowest BCUT2D eigenvalue weighted by atomic mass is 9.78. The molecule has 71 heavy (non-hydrogen) atoms. The predicted octanol–water partition coefficient (Wildman–Crippen LogP) is 7.11. The third-order valence-corrected chi connectivity index (χ3v) is 15.3. The molecule has 1 amide bonds. The fraction of sp³-hybridized carbons (Fsp3) is 0.528. The van der Waals surface area contributed by atoms with E-state index in [1.165, 1.54) is 72.5 Å². The first-order valence-corrected chi connectivity index (χ1v) is 24.6. The van der Waals surface area contributed by atoms with Crippen molar-refractivity contribution in [2.75, 3.05) is 43.5 Å². The third kappa shape index (κ3) is 9.54. The number of hydrogen-bond acceptors (Lipinski definition) is 17. The van der Waals surface area contributed by atoms with Gasteiger partial charge in [-0.15, -0.1) is 0 Å². The van der Waals surface area contributed by atoms with Gasteiger partial charge >= 0.3 is 5.97 Å². The number of anilines is 2. The number of allylic oxidation sites excluding steroid dienone is 2. The van der Waals surface area contributed by atoms with E-state index >= 15 is 4.79 Å². The molecule has 2 saturated heterocycles. The van der Waals surface area contributed by atoms with Crippen LogP contribution in [0.5, 0.6) is 17.2 Å². The quantitative estimate of drug-likeness (QED) is 0.0392. The van der Waals surface area contributed by atoms with Crippen LogP contribution in [0.2, 0.25) is 0 Å². The topological polar surface area (TPSA) is 246 Å². The van der Waals surface area contributed by atoms with Crippen LogP contribution in [0.4, 0.5) is 11.4 Å². The average molecular weight is 982 g/mol. The van der Waals surface area contributed by atoms with Gasteiger partial charge in [0.2, 0.25) is 5.43 Å². The lowest BCUT2D eigenvalue weighted by molar-refractivity contribution is -0.160. The maximum atomic E-state index is 15.0. The number of aromatic nitrogens is 1. The maximum absolute atomic E-state index is 15.0. The Kier molecular flexibility index (Phi) is 14.8. The van der Waals surface area contributed by atoms with E-state index in [9.17, 15) is 35.2 Å². The summed E-state index contributed by atoms with van der Waals surface area (Å²) in [6.45, 7) is 16.4. The normalized spacial score (nSPS) is 30.8. The van der Waals surface area contributed by atoms with Crippen LogP contribution in [0.1, 0.15) is 91.7 Å². The van der Waals surface area contributed by atoms with Gasteiger partial charge in [0.15, 0.2) is 17.1 Å². The first kappa shape index (κ1) is 51.2. The highest BCUT2D eigenvalue weighted by Crippen LogP contribution is 2.51. The zero-order valence-electron chi connectivity index (χ0n) is 41.9. The van der Waals surface area contributed by atoms with Crippen molar-refractivity contribution in [1.29, 1.82) is 0 Å². The minimum absolute atomic E-state index is 0.0124. The summed E-state index contributed by atoms with van der Waals surface area (Å²) < 4.78 is 30.9. The van der Waals surface area contributed by atoms with E-state index in [1.54, 1.807) is 52.0 Å². The molecule has 6 aliphatic rings. The Morgan fingerprint density at radius 2 is 1.65 bits per heavy atom. The number of aromatic hydroxyl groups is 2. The van der Waals surface area contributed by atoms with Gasteiger partial charge in [0, 0.05) is 98.1 Å². The zero-order chi connectivity index (χ0) is 51.2. The molecule has 5 heterocycles. The highest BCUT2D eigenvalue weighted by atomic mass is 16.7. The molecule has 0 unspecified atom stereocenters. The van der Waals surface area contributed by atoms with Crippen molar-refractivity contribution in [2.24, 2.45) is 28.8 Å². The molecule has 2 aromatic rings. The van der Waals surface area contributed by atoms with Crippen LogP contribution in [-0.4, -0.2) is 123 Å². The molecule has 382 valence electrons. The fourth-order valence-electron chi connectivity index (χ4n) is 11.0. The molecule has 8 rings (SSSR count). The zero-order valence-corrected chi connectivity index (χ0v) is 41.9. The number of benzene rings is 3. The summed E-state index contributed by atoms with van der Waals surface area (Å²) in [4.78, 5) is 51.3. The SMILES string of the molecule is CO[C@H]1/C=C/O[C@@]2(C)Oc3c(C)c(O)c4c(=O)c(c5oc6cc(N7CCC(N8CCCCC8)CC7)cc(O)c6nc-5c4c3/C2=N/O)NC(=O)/C(C)=C\C=C\[C@H](C)[C@H](O)[C@@H](C)[C@@H](O)[C@@H](C)[C@H](OC(C)=O)[C@@H]1C. The lowest BCUT2D eigenvalue weighted by Crippen LogP contribution is -2.46. The molecular formula is C53H67N5O13. The highest BCUT2D eigenvalue weighted by Gasteiger charge is 2.49. The van der Waals surface area contributed by atoms with Crippen molar-refractivity contribution >= 4 is 50.8 Å². The van der Waals surface area contributed by atoms with Crippen LogP contribution in [-0.2, 0) is 23.8 Å². The van der Waals surface area contributed by atoms with E-state index < -0.39 is 76.9 Å². The number of rotatable bonds is 4. The van der Waals surface area contributed by atoms with Crippen LogP contribution in [0.25, 0.3) is 33.3 Å². The van der Waals surface area contributed by atoms with Crippen LogP contribution in [0.3, 0.4) is 0 Å². The molecule has 6 N–H and O–H groups in total. The number of nitrogens with one attached hydrogen (secondary N) is 1. The number of phenols is 2. The third-order valence-electron chi connectivity index (χ3n) is 15.3. The molecule has 0 spiro atoms.